The summed E-state index contributed by atoms with van der Waals surface area (Å²) in [5.74, 6) is 0. The predicted octanol–water partition coefficient (Wildman–Crippen LogP) is 2.42. The minimum atomic E-state index is 0.194. The molecule has 0 unspecified atom stereocenters. The molecule has 0 aliphatic carbocycles. The fourth-order valence-corrected chi connectivity index (χ4v) is 2.58. The van der Waals surface area contributed by atoms with Gasteiger partial charge in [0.05, 0.1) is 6.61 Å². The molecule has 74 valence electrons. The number of benzene rings is 1. The van der Waals surface area contributed by atoms with Crippen LogP contribution in [0.25, 0.3) is 0 Å². The monoisotopic (exact) mass is 189 g/mol. The number of anilines is 1. The lowest BCUT2D eigenvalue weighted by atomic mass is 9.81. The second-order valence-corrected chi connectivity index (χ2v) is 4.61. The summed E-state index contributed by atoms with van der Waals surface area (Å²) in [6.07, 6.45) is 1.32. The van der Waals surface area contributed by atoms with E-state index in [9.17, 15) is 0 Å². The van der Waals surface area contributed by atoms with E-state index in [1.54, 1.807) is 0 Å². The fourth-order valence-electron chi connectivity index (χ4n) is 2.58. The summed E-state index contributed by atoms with van der Waals surface area (Å²) in [5.41, 5.74) is 4.21. The van der Waals surface area contributed by atoms with Gasteiger partial charge in [0.1, 0.15) is 6.23 Å². The number of hydrogen-bond donors (Lipinski definition) is 1. The molecule has 0 radical (unpaired) electrons. The van der Waals surface area contributed by atoms with Crippen molar-refractivity contribution in [3.05, 3.63) is 29.3 Å². The zero-order valence-electron chi connectivity index (χ0n) is 8.63. The highest BCUT2D eigenvalue weighted by Crippen LogP contribution is 2.47. The molecule has 1 fully saturated rings. The first-order valence-corrected chi connectivity index (χ1v) is 5.19. The van der Waals surface area contributed by atoms with Gasteiger partial charge >= 0.3 is 0 Å². The van der Waals surface area contributed by atoms with E-state index in [0.29, 0.717) is 0 Å². The van der Waals surface area contributed by atoms with E-state index in [4.69, 9.17) is 4.74 Å². The van der Waals surface area contributed by atoms with Gasteiger partial charge in [0.15, 0.2) is 0 Å². The highest BCUT2D eigenvalue weighted by molar-refractivity contribution is 5.62. The number of aryl methyl sites for hydroxylation is 1. The summed E-state index contributed by atoms with van der Waals surface area (Å²) >= 11 is 0. The quantitative estimate of drug-likeness (QED) is 0.676. The summed E-state index contributed by atoms with van der Waals surface area (Å²) in [6.45, 7) is 5.32. The van der Waals surface area contributed by atoms with E-state index in [0.717, 1.165) is 13.0 Å². The SMILES string of the molecule is Cc1ccc2c(c1)[C@]1(C)CCO[C@@H]1N2. The molecule has 1 saturated heterocycles. The van der Waals surface area contributed by atoms with Gasteiger partial charge in [-0.05, 0) is 25.0 Å². The van der Waals surface area contributed by atoms with Crippen molar-refractivity contribution in [2.24, 2.45) is 0 Å². The average molecular weight is 189 g/mol. The summed E-state index contributed by atoms with van der Waals surface area (Å²) in [6, 6.07) is 6.60. The lowest BCUT2D eigenvalue weighted by Crippen LogP contribution is -2.31. The van der Waals surface area contributed by atoms with E-state index >= 15 is 0 Å². The van der Waals surface area contributed by atoms with Crippen molar-refractivity contribution < 1.29 is 4.74 Å². The molecular formula is C12H15NO. The van der Waals surface area contributed by atoms with Crippen LogP contribution in [0.3, 0.4) is 0 Å². The molecule has 2 atom stereocenters. The maximum atomic E-state index is 5.69. The largest absolute Gasteiger partial charge is 0.359 e. The topological polar surface area (TPSA) is 21.3 Å². The van der Waals surface area contributed by atoms with Crippen molar-refractivity contribution in [3.8, 4) is 0 Å². The van der Waals surface area contributed by atoms with E-state index in [-0.39, 0.29) is 11.6 Å². The third-order valence-electron chi connectivity index (χ3n) is 3.56. The van der Waals surface area contributed by atoms with Gasteiger partial charge in [0, 0.05) is 11.1 Å². The Labute approximate surface area is 84.3 Å². The van der Waals surface area contributed by atoms with Gasteiger partial charge < -0.3 is 10.1 Å². The first-order valence-electron chi connectivity index (χ1n) is 5.19. The Balaban J connectivity index is 2.17. The van der Waals surface area contributed by atoms with Crippen LogP contribution in [0.15, 0.2) is 18.2 Å². The molecule has 1 N–H and O–H groups in total. The van der Waals surface area contributed by atoms with Gasteiger partial charge in [-0.15, -0.1) is 0 Å². The average Bonchev–Trinajstić information content (AvgIpc) is 2.62. The molecular weight excluding hydrogens is 174 g/mol. The van der Waals surface area contributed by atoms with Crippen LogP contribution in [-0.4, -0.2) is 12.8 Å². The highest BCUT2D eigenvalue weighted by atomic mass is 16.5. The molecule has 14 heavy (non-hydrogen) atoms. The molecule has 0 saturated carbocycles. The normalized spacial score (nSPS) is 33.7. The van der Waals surface area contributed by atoms with Gasteiger partial charge in [0.25, 0.3) is 0 Å². The minimum absolute atomic E-state index is 0.194. The molecule has 0 bridgehead atoms. The summed E-state index contributed by atoms with van der Waals surface area (Å²) in [7, 11) is 0. The van der Waals surface area contributed by atoms with Crippen LogP contribution in [0.5, 0.6) is 0 Å². The van der Waals surface area contributed by atoms with E-state index in [1.165, 1.54) is 16.8 Å². The molecule has 0 aromatic heterocycles. The van der Waals surface area contributed by atoms with Crippen LogP contribution in [0.2, 0.25) is 0 Å². The van der Waals surface area contributed by atoms with Crippen LogP contribution in [-0.2, 0) is 10.2 Å². The van der Waals surface area contributed by atoms with Crippen LogP contribution >= 0.6 is 0 Å². The third kappa shape index (κ3) is 0.894. The first-order chi connectivity index (χ1) is 6.70. The maximum Gasteiger partial charge on any atom is 0.137 e. The molecule has 2 aliphatic heterocycles. The van der Waals surface area contributed by atoms with Crippen molar-refractivity contribution >= 4 is 5.69 Å². The van der Waals surface area contributed by atoms with E-state index in [1.807, 2.05) is 0 Å². The van der Waals surface area contributed by atoms with Crippen LogP contribution in [0.1, 0.15) is 24.5 Å². The zero-order valence-corrected chi connectivity index (χ0v) is 8.63. The summed E-state index contributed by atoms with van der Waals surface area (Å²) in [4.78, 5) is 0. The van der Waals surface area contributed by atoms with Gasteiger partial charge in [-0.25, -0.2) is 0 Å². The molecule has 1 aromatic carbocycles. The number of hydrogen-bond acceptors (Lipinski definition) is 2. The van der Waals surface area contributed by atoms with Gasteiger partial charge in [-0.3, -0.25) is 0 Å². The molecule has 2 heterocycles. The standard InChI is InChI=1S/C12H15NO/c1-8-3-4-10-9(7-8)12(2)5-6-14-11(12)13-10/h3-4,7,11,13H,5-6H2,1-2H3/t11-,12-/m0/s1. The van der Waals surface area contributed by atoms with E-state index in [2.05, 4.69) is 37.4 Å². The summed E-state index contributed by atoms with van der Waals surface area (Å²) < 4.78 is 5.69. The molecule has 3 rings (SSSR count). The summed E-state index contributed by atoms with van der Waals surface area (Å²) in [5, 5.41) is 3.44. The molecule has 0 amide bonds. The smallest absolute Gasteiger partial charge is 0.137 e. The Kier molecular flexibility index (Phi) is 1.49. The first kappa shape index (κ1) is 8.30. The molecule has 0 spiro atoms. The molecule has 1 aromatic rings. The lowest BCUT2D eigenvalue weighted by molar-refractivity contribution is 0.112. The van der Waals surface area contributed by atoms with Gasteiger partial charge in [-0.1, -0.05) is 24.6 Å². The number of rotatable bonds is 0. The van der Waals surface area contributed by atoms with E-state index < -0.39 is 0 Å². The number of nitrogens with one attached hydrogen (secondary N) is 1. The van der Waals surface area contributed by atoms with Crippen molar-refractivity contribution in [1.29, 1.82) is 0 Å². The van der Waals surface area contributed by atoms with Crippen molar-refractivity contribution in [2.45, 2.75) is 31.9 Å². The van der Waals surface area contributed by atoms with Gasteiger partial charge in [-0.2, -0.15) is 0 Å². The Morgan fingerprint density at radius 3 is 3.21 bits per heavy atom. The lowest BCUT2D eigenvalue weighted by Gasteiger charge is -2.22. The van der Waals surface area contributed by atoms with Crippen molar-refractivity contribution in [3.63, 3.8) is 0 Å². The Hall–Kier alpha value is -1.02. The highest BCUT2D eigenvalue weighted by Gasteiger charge is 2.47. The second-order valence-electron chi connectivity index (χ2n) is 4.61. The predicted molar refractivity (Wildman–Crippen MR) is 56.5 cm³/mol. The zero-order chi connectivity index (χ0) is 9.76. The molecule has 2 nitrogen and oxygen atoms in total. The number of ether oxygens (including phenoxy) is 1. The Bertz CT molecular complexity index is 388. The Morgan fingerprint density at radius 2 is 2.36 bits per heavy atom. The van der Waals surface area contributed by atoms with Crippen LogP contribution < -0.4 is 5.32 Å². The van der Waals surface area contributed by atoms with Crippen LogP contribution in [0, 0.1) is 6.92 Å². The molecule has 2 heteroatoms. The fraction of sp³-hybridized carbons (Fsp3) is 0.500. The van der Waals surface area contributed by atoms with Crippen molar-refractivity contribution in [2.75, 3.05) is 11.9 Å². The Morgan fingerprint density at radius 1 is 1.50 bits per heavy atom. The molecule has 2 aliphatic rings. The maximum absolute atomic E-state index is 5.69. The minimum Gasteiger partial charge on any atom is -0.359 e. The second kappa shape index (κ2) is 2.51. The van der Waals surface area contributed by atoms with Crippen LogP contribution in [0.4, 0.5) is 5.69 Å². The van der Waals surface area contributed by atoms with Gasteiger partial charge in [0.2, 0.25) is 0 Å². The third-order valence-corrected chi connectivity index (χ3v) is 3.56. The number of fused-ring (bicyclic) bond motifs is 3. The van der Waals surface area contributed by atoms with Crippen molar-refractivity contribution in [1.82, 2.24) is 0 Å².